The van der Waals surface area contributed by atoms with E-state index in [9.17, 15) is 4.79 Å². The summed E-state index contributed by atoms with van der Waals surface area (Å²) in [5.41, 5.74) is -0.0501. The molecule has 0 saturated heterocycles. The van der Waals surface area contributed by atoms with Crippen molar-refractivity contribution in [1.82, 2.24) is 5.32 Å². The summed E-state index contributed by atoms with van der Waals surface area (Å²) < 4.78 is 0. The lowest BCUT2D eigenvalue weighted by Gasteiger charge is -2.36. The highest BCUT2D eigenvalue weighted by atomic mass is 16.3. The van der Waals surface area contributed by atoms with E-state index >= 15 is 0 Å². The van der Waals surface area contributed by atoms with E-state index in [1.165, 1.54) is 0 Å². The fourth-order valence-electron chi connectivity index (χ4n) is 3.65. The topological polar surface area (TPSA) is 49.3 Å². The van der Waals surface area contributed by atoms with E-state index in [4.69, 9.17) is 5.11 Å². The van der Waals surface area contributed by atoms with Crippen LogP contribution in [0.1, 0.15) is 81.6 Å². The normalized spacial score (nSPS) is 16.2. The summed E-state index contributed by atoms with van der Waals surface area (Å²) in [6, 6.07) is 0. The highest BCUT2D eigenvalue weighted by molar-refractivity contribution is 5.81. The van der Waals surface area contributed by atoms with Crippen molar-refractivity contribution in [3.63, 3.8) is 0 Å². The molecule has 0 bridgehead atoms. The van der Waals surface area contributed by atoms with Crippen LogP contribution in [0.15, 0.2) is 12.2 Å². The summed E-state index contributed by atoms with van der Waals surface area (Å²) in [4.78, 5) is 12.4. The molecule has 0 aromatic heterocycles. The first kappa shape index (κ1) is 23.2. The van der Waals surface area contributed by atoms with Gasteiger partial charge >= 0.3 is 0 Å². The first-order valence-electron chi connectivity index (χ1n) is 9.26. The Morgan fingerprint density at radius 1 is 0.958 bits per heavy atom. The molecule has 0 saturated carbocycles. The van der Waals surface area contributed by atoms with Crippen molar-refractivity contribution in [2.75, 3.05) is 13.2 Å². The lowest BCUT2D eigenvalue weighted by Crippen LogP contribution is -2.41. The summed E-state index contributed by atoms with van der Waals surface area (Å²) in [7, 11) is 0. The standard InChI is InChI=1S/C21H41NO2/c1-10-21(9,12-11-19(5,6)15-18(2,3)4)16-20(7,8)17(24)22-13-14-23/h11-12,23H,10,13-16H2,1-9H3,(H,22,24)/b12-11-. The third-order valence-electron chi connectivity index (χ3n) is 4.59. The first-order valence-corrected chi connectivity index (χ1v) is 9.26. The summed E-state index contributed by atoms with van der Waals surface area (Å²) in [6.07, 6.45) is 7.56. The Kier molecular flexibility index (Phi) is 8.22. The van der Waals surface area contributed by atoms with Gasteiger partial charge in [-0.1, -0.05) is 74.5 Å². The maximum atomic E-state index is 12.4. The van der Waals surface area contributed by atoms with Crippen molar-refractivity contribution >= 4 is 5.91 Å². The molecule has 0 aliphatic rings. The fourth-order valence-corrected chi connectivity index (χ4v) is 3.65. The molecule has 0 radical (unpaired) electrons. The molecular formula is C21H41NO2. The van der Waals surface area contributed by atoms with Crippen molar-refractivity contribution in [1.29, 1.82) is 0 Å². The smallest absolute Gasteiger partial charge is 0.225 e. The van der Waals surface area contributed by atoms with E-state index in [2.05, 4.69) is 65.9 Å². The molecule has 0 aromatic rings. The second-order valence-corrected chi connectivity index (χ2v) is 10.1. The molecule has 0 aromatic carbocycles. The van der Waals surface area contributed by atoms with Gasteiger partial charge in [0.15, 0.2) is 0 Å². The molecule has 142 valence electrons. The molecule has 0 fully saturated rings. The molecule has 0 aliphatic heterocycles. The predicted molar refractivity (Wildman–Crippen MR) is 104 cm³/mol. The second-order valence-electron chi connectivity index (χ2n) is 10.1. The van der Waals surface area contributed by atoms with E-state index in [-0.39, 0.29) is 23.3 Å². The van der Waals surface area contributed by atoms with Crippen LogP contribution in [0.25, 0.3) is 0 Å². The molecule has 3 heteroatoms. The van der Waals surface area contributed by atoms with Crippen LogP contribution in [0, 0.1) is 21.7 Å². The van der Waals surface area contributed by atoms with Crippen molar-refractivity contribution in [3.05, 3.63) is 12.2 Å². The van der Waals surface area contributed by atoms with Crippen LogP contribution in [-0.2, 0) is 4.79 Å². The van der Waals surface area contributed by atoms with Crippen molar-refractivity contribution < 1.29 is 9.90 Å². The Labute approximate surface area is 150 Å². The fraction of sp³-hybridized carbons (Fsp3) is 0.857. The highest BCUT2D eigenvalue weighted by Crippen LogP contribution is 2.40. The summed E-state index contributed by atoms with van der Waals surface area (Å²) in [5.74, 6) is 0.0126. The van der Waals surface area contributed by atoms with E-state index in [0.717, 1.165) is 19.3 Å². The van der Waals surface area contributed by atoms with E-state index < -0.39 is 5.41 Å². The van der Waals surface area contributed by atoms with E-state index in [1.807, 2.05) is 13.8 Å². The zero-order chi connectivity index (χ0) is 19.2. The van der Waals surface area contributed by atoms with Crippen LogP contribution >= 0.6 is 0 Å². The maximum Gasteiger partial charge on any atom is 0.225 e. The maximum absolute atomic E-state index is 12.4. The molecule has 3 nitrogen and oxygen atoms in total. The van der Waals surface area contributed by atoms with Gasteiger partial charge in [0.2, 0.25) is 5.91 Å². The molecular weight excluding hydrogens is 298 g/mol. The van der Waals surface area contributed by atoms with E-state index in [1.54, 1.807) is 0 Å². The van der Waals surface area contributed by atoms with Crippen LogP contribution in [0.5, 0.6) is 0 Å². The minimum Gasteiger partial charge on any atom is -0.395 e. The minimum atomic E-state index is -0.460. The molecule has 1 unspecified atom stereocenters. The average Bonchev–Trinajstić information content (AvgIpc) is 2.39. The number of aliphatic hydroxyl groups is 1. The van der Waals surface area contributed by atoms with Crippen molar-refractivity contribution in [2.24, 2.45) is 21.7 Å². The van der Waals surface area contributed by atoms with Gasteiger partial charge < -0.3 is 10.4 Å². The van der Waals surface area contributed by atoms with Crippen LogP contribution in [-0.4, -0.2) is 24.2 Å². The summed E-state index contributed by atoms with van der Waals surface area (Å²) >= 11 is 0. The Morgan fingerprint density at radius 2 is 1.50 bits per heavy atom. The van der Waals surface area contributed by atoms with Gasteiger partial charge in [-0.25, -0.2) is 0 Å². The van der Waals surface area contributed by atoms with Crippen molar-refractivity contribution in [2.45, 2.75) is 81.6 Å². The lowest BCUT2D eigenvalue weighted by molar-refractivity contribution is -0.130. The van der Waals surface area contributed by atoms with Gasteiger partial charge in [0.1, 0.15) is 0 Å². The summed E-state index contributed by atoms with van der Waals surface area (Å²) in [6.45, 7) is 20.1. The predicted octanol–water partition coefficient (Wildman–Crippen LogP) is 4.95. The first-order chi connectivity index (χ1) is 10.7. The largest absolute Gasteiger partial charge is 0.395 e. The van der Waals surface area contributed by atoms with Gasteiger partial charge in [-0.2, -0.15) is 0 Å². The Balaban J connectivity index is 5.14. The van der Waals surface area contributed by atoms with Gasteiger partial charge in [0.05, 0.1) is 6.61 Å². The number of nitrogens with one attached hydrogen (secondary N) is 1. The number of rotatable bonds is 9. The van der Waals surface area contributed by atoms with Crippen molar-refractivity contribution in [3.8, 4) is 0 Å². The van der Waals surface area contributed by atoms with Gasteiger partial charge in [-0.15, -0.1) is 0 Å². The molecule has 2 N–H and O–H groups in total. The molecule has 0 heterocycles. The van der Waals surface area contributed by atoms with Gasteiger partial charge in [0.25, 0.3) is 0 Å². The monoisotopic (exact) mass is 339 g/mol. The molecule has 0 aliphatic carbocycles. The number of hydrogen-bond acceptors (Lipinski definition) is 2. The molecule has 0 spiro atoms. The number of amides is 1. The van der Waals surface area contributed by atoms with Crippen LogP contribution in [0.3, 0.4) is 0 Å². The highest BCUT2D eigenvalue weighted by Gasteiger charge is 2.35. The van der Waals surface area contributed by atoms with Gasteiger partial charge in [0, 0.05) is 12.0 Å². The van der Waals surface area contributed by atoms with E-state index in [0.29, 0.717) is 12.0 Å². The Morgan fingerprint density at radius 3 is 1.92 bits per heavy atom. The van der Waals surface area contributed by atoms with Crippen LogP contribution < -0.4 is 5.32 Å². The zero-order valence-corrected chi connectivity index (χ0v) is 17.5. The number of allylic oxidation sites excluding steroid dienone is 2. The molecule has 24 heavy (non-hydrogen) atoms. The zero-order valence-electron chi connectivity index (χ0n) is 17.5. The van der Waals surface area contributed by atoms with Gasteiger partial charge in [-0.3, -0.25) is 4.79 Å². The number of carbonyl (C=O) groups excluding carboxylic acids is 1. The number of carbonyl (C=O) groups is 1. The third-order valence-corrected chi connectivity index (χ3v) is 4.59. The van der Waals surface area contributed by atoms with Gasteiger partial charge in [-0.05, 0) is 35.5 Å². The van der Waals surface area contributed by atoms with Crippen LogP contribution in [0.4, 0.5) is 0 Å². The lowest BCUT2D eigenvalue weighted by atomic mass is 9.69. The molecule has 0 rings (SSSR count). The summed E-state index contributed by atoms with van der Waals surface area (Å²) in [5, 5.41) is 11.7. The Hall–Kier alpha value is -0.830. The minimum absolute atomic E-state index is 0.0126. The second kappa shape index (κ2) is 8.51. The number of hydrogen-bond donors (Lipinski definition) is 2. The van der Waals surface area contributed by atoms with Crippen LogP contribution in [0.2, 0.25) is 0 Å². The SMILES string of the molecule is CCC(C)(/C=C\C(C)(C)CC(C)(C)C)CC(C)(C)C(=O)NCCO. The Bertz CT molecular complexity index is 430. The third kappa shape index (κ3) is 8.86. The number of aliphatic hydroxyl groups excluding tert-OH is 1. The molecule has 1 amide bonds. The quantitative estimate of drug-likeness (QED) is 0.584. The average molecular weight is 340 g/mol. The molecule has 1 atom stereocenters.